The fraction of sp³-hybridized carbons (Fsp3) is 0.391. The van der Waals surface area contributed by atoms with E-state index in [0.29, 0.717) is 30.2 Å². The van der Waals surface area contributed by atoms with E-state index in [1.165, 1.54) is 17.6 Å². The Morgan fingerprint density at radius 3 is 2.44 bits per heavy atom. The molecule has 0 radical (unpaired) electrons. The van der Waals surface area contributed by atoms with E-state index >= 15 is 0 Å². The topological polar surface area (TPSA) is 79.8 Å². The molecule has 0 atom stereocenters. The number of halogens is 1. The van der Waals surface area contributed by atoms with Gasteiger partial charge in [0.2, 0.25) is 5.91 Å². The normalized spacial score (nSPS) is 11.4. The van der Waals surface area contributed by atoms with Crippen LogP contribution in [0.5, 0.6) is 5.75 Å². The molecule has 186 valence electrons. The van der Waals surface area contributed by atoms with Crippen molar-refractivity contribution in [1.29, 1.82) is 0 Å². The number of anilines is 1. The molecule has 1 amide bonds. The number of nitrogens with zero attached hydrogens (tertiary/aromatic N) is 3. The van der Waals surface area contributed by atoms with Crippen LogP contribution in [0.1, 0.15) is 12.8 Å². The van der Waals surface area contributed by atoms with E-state index < -0.39 is 9.84 Å². The third-order valence-electron chi connectivity index (χ3n) is 4.94. The van der Waals surface area contributed by atoms with Crippen LogP contribution in [0.2, 0.25) is 0 Å². The molecular weight excluding hydrogens is 514 g/mol. The van der Waals surface area contributed by atoms with Gasteiger partial charge in [0.05, 0.1) is 22.2 Å². The lowest BCUT2D eigenvalue weighted by Gasteiger charge is -2.22. The van der Waals surface area contributed by atoms with Gasteiger partial charge in [-0.2, -0.15) is 0 Å². The molecule has 0 spiro atoms. The summed E-state index contributed by atoms with van der Waals surface area (Å²) in [6, 6.07) is 12.8. The molecule has 0 fully saturated rings. The van der Waals surface area contributed by atoms with Gasteiger partial charge in [-0.15, -0.1) is 24.2 Å². The first-order chi connectivity index (χ1) is 15.7. The van der Waals surface area contributed by atoms with Crippen LogP contribution < -0.4 is 9.64 Å². The van der Waals surface area contributed by atoms with Gasteiger partial charge in [0.15, 0.2) is 15.0 Å². The minimum atomic E-state index is -3.30. The Kier molecular flexibility index (Phi) is 10.6. The van der Waals surface area contributed by atoms with Crippen LogP contribution in [-0.2, 0) is 14.6 Å². The van der Waals surface area contributed by atoms with Crippen molar-refractivity contribution in [3.05, 3.63) is 42.5 Å². The number of thiazole rings is 1. The highest BCUT2D eigenvalue weighted by molar-refractivity contribution is 7.99. The molecule has 11 heteroatoms. The number of ether oxygens (including phenoxy) is 1. The summed E-state index contributed by atoms with van der Waals surface area (Å²) in [6.07, 6.45) is 2.35. The number of carbonyl (C=O) groups is 1. The predicted molar refractivity (Wildman–Crippen MR) is 144 cm³/mol. The zero-order chi connectivity index (χ0) is 24.0. The monoisotopic (exact) mass is 543 g/mol. The summed E-state index contributed by atoms with van der Waals surface area (Å²) in [5, 5.41) is 0.602. The van der Waals surface area contributed by atoms with Gasteiger partial charge in [-0.1, -0.05) is 11.3 Å². The maximum atomic E-state index is 13.1. The zero-order valence-electron chi connectivity index (χ0n) is 19.7. The molecule has 0 aliphatic heterocycles. The summed E-state index contributed by atoms with van der Waals surface area (Å²) in [5.41, 5.74) is 0.695. The highest BCUT2D eigenvalue weighted by atomic mass is 35.5. The van der Waals surface area contributed by atoms with Crippen molar-refractivity contribution in [1.82, 2.24) is 9.88 Å². The molecule has 0 unspecified atom stereocenters. The lowest BCUT2D eigenvalue weighted by Crippen LogP contribution is -2.36. The number of rotatable bonds is 11. The minimum Gasteiger partial charge on any atom is -0.497 e. The second kappa shape index (κ2) is 12.7. The first-order valence-corrected chi connectivity index (χ1v) is 14.2. The number of amides is 1. The first-order valence-electron chi connectivity index (χ1n) is 10.5. The number of hydrogen-bond donors (Lipinski definition) is 0. The van der Waals surface area contributed by atoms with Gasteiger partial charge >= 0.3 is 0 Å². The van der Waals surface area contributed by atoms with Gasteiger partial charge in [0.1, 0.15) is 5.75 Å². The number of hydrogen-bond acceptors (Lipinski definition) is 8. The summed E-state index contributed by atoms with van der Waals surface area (Å²) < 4.78 is 29.7. The quantitative estimate of drug-likeness (QED) is 0.258. The molecule has 1 aromatic heterocycles. The Bertz CT molecular complexity index is 1200. The maximum absolute atomic E-state index is 13.1. The number of aromatic nitrogens is 1. The van der Waals surface area contributed by atoms with E-state index in [0.717, 1.165) is 27.5 Å². The molecule has 0 N–H and O–H groups in total. The van der Waals surface area contributed by atoms with Crippen LogP contribution in [-0.4, -0.2) is 70.5 Å². The van der Waals surface area contributed by atoms with Crippen LogP contribution in [0.4, 0.5) is 5.13 Å². The summed E-state index contributed by atoms with van der Waals surface area (Å²) in [6.45, 7) is 1.23. The molecule has 3 rings (SSSR count). The Balaban J connectivity index is 0.00000408. The molecule has 0 saturated heterocycles. The Morgan fingerprint density at radius 1 is 1.12 bits per heavy atom. The van der Waals surface area contributed by atoms with Gasteiger partial charge in [-0.25, -0.2) is 13.4 Å². The second-order valence-corrected chi connectivity index (χ2v) is 12.1. The van der Waals surface area contributed by atoms with E-state index in [-0.39, 0.29) is 23.2 Å². The Morgan fingerprint density at radius 2 is 1.82 bits per heavy atom. The smallest absolute Gasteiger partial charge is 0.228 e. The predicted octanol–water partition coefficient (Wildman–Crippen LogP) is 4.60. The van der Waals surface area contributed by atoms with Crippen LogP contribution >= 0.6 is 35.5 Å². The molecule has 34 heavy (non-hydrogen) atoms. The van der Waals surface area contributed by atoms with Crippen molar-refractivity contribution in [3.8, 4) is 5.75 Å². The summed E-state index contributed by atoms with van der Waals surface area (Å²) in [7, 11) is 2.27. The van der Waals surface area contributed by atoms with Crippen molar-refractivity contribution in [2.75, 3.05) is 51.2 Å². The van der Waals surface area contributed by atoms with Gasteiger partial charge in [-0.3, -0.25) is 9.69 Å². The highest BCUT2D eigenvalue weighted by Gasteiger charge is 2.20. The average Bonchev–Trinajstić information content (AvgIpc) is 3.19. The van der Waals surface area contributed by atoms with Gasteiger partial charge in [0, 0.05) is 30.7 Å². The molecule has 0 aliphatic rings. The van der Waals surface area contributed by atoms with Gasteiger partial charge in [-0.05, 0) is 68.7 Å². The largest absolute Gasteiger partial charge is 0.497 e. The molecule has 7 nitrogen and oxygen atoms in total. The number of likely N-dealkylation sites (N-methyl/N-ethyl adjacent to an activating group) is 1. The number of fused-ring (bicyclic) bond motifs is 1. The zero-order valence-corrected chi connectivity index (χ0v) is 23.0. The SMILES string of the molecule is COc1ccc(SCCCC(=O)N(CCN(C)C)c2nc3ccc(S(C)(=O)=O)cc3s2)cc1.Cl. The summed E-state index contributed by atoms with van der Waals surface area (Å²) in [4.78, 5) is 22.9. The van der Waals surface area contributed by atoms with E-state index in [1.807, 2.05) is 43.3 Å². The Labute approximate surface area is 215 Å². The average molecular weight is 544 g/mol. The van der Waals surface area contributed by atoms with Crippen LogP contribution in [0, 0.1) is 0 Å². The number of carbonyl (C=O) groups excluding carboxylic acids is 1. The maximum Gasteiger partial charge on any atom is 0.228 e. The Hall–Kier alpha value is -1.85. The third kappa shape index (κ3) is 7.84. The molecular formula is C23H30ClN3O4S3. The fourth-order valence-corrected chi connectivity index (χ4v) is 5.71. The van der Waals surface area contributed by atoms with Crippen molar-refractivity contribution in [2.45, 2.75) is 22.6 Å². The van der Waals surface area contributed by atoms with Crippen molar-refractivity contribution in [3.63, 3.8) is 0 Å². The molecule has 1 heterocycles. The van der Waals surface area contributed by atoms with Crippen molar-refractivity contribution < 1.29 is 17.9 Å². The van der Waals surface area contributed by atoms with Crippen LogP contribution in [0.3, 0.4) is 0 Å². The first kappa shape index (κ1) is 28.4. The van der Waals surface area contributed by atoms with Crippen molar-refractivity contribution >= 4 is 66.6 Å². The second-order valence-electron chi connectivity index (χ2n) is 7.87. The summed E-state index contributed by atoms with van der Waals surface area (Å²) >= 11 is 3.06. The van der Waals surface area contributed by atoms with E-state index in [2.05, 4.69) is 4.98 Å². The molecule has 2 aromatic carbocycles. The van der Waals surface area contributed by atoms with Crippen LogP contribution in [0.15, 0.2) is 52.3 Å². The molecule has 0 bridgehead atoms. The molecule has 3 aromatic rings. The van der Waals surface area contributed by atoms with Gasteiger partial charge in [0.25, 0.3) is 0 Å². The van der Waals surface area contributed by atoms with Crippen LogP contribution in [0.25, 0.3) is 10.2 Å². The van der Waals surface area contributed by atoms with E-state index in [4.69, 9.17) is 4.74 Å². The standard InChI is InChI=1S/C23H29N3O4S3.ClH/c1-25(2)13-14-26(22(27)6-5-15-31-18-9-7-17(30-3)8-10-18)23-24-20-12-11-19(33(4,28)29)16-21(20)32-23;/h7-12,16H,5-6,13-15H2,1-4H3;1H. The highest BCUT2D eigenvalue weighted by Crippen LogP contribution is 2.31. The number of methoxy groups -OCH3 is 1. The lowest BCUT2D eigenvalue weighted by molar-refractivity contribution is -0.118. The number of thioether (sulfide) groups is 1. The lowest BCUT2D eigenvalue weighted by atomic mass is 10.3. The molecule has 0 aliphatic carbocycles. The number of sulfone groups is 1. The van der Waals surface area contributed by atoms with E-state index in [1.54, 1.807) is 42.0 Å². The minimum absolute atomic E-state index is 0. The third-order valence-corrected chi connectivity index (χ3v) is 8.19. The molecule has 0 saturated carbocycles. The number of benzene rings is 2. The van der Waals surface area contributed by atoms with Crippen molar-refractivity contribution in [2.24, 2.45) is 0 Å². The summed E-state index contributed by atoms with van der Waals surface area (Å²) in [5.74, 6) is 1.68. The van der Waals surface area contributed by atoms with E-state index in [9.17, 15) is 13.2 Å². The fourth-order valence-electron chi connectivity index (χ4n) is 3.09. The van der Waals surface area contributed by atoms with Gasteiger partial charge < -0.3 is 9.64 Å².